The van der Waals surface area contributed by atoms with E-state index >= 15 is 0 Å². The van der Waals surface area contributed by atoms with Crippen molar-refractivity contribution < 1.29 is 18.3 Å². The highest BCUT2D eigenvalue weighted by molar-refractivity contribution is 7.91. The Kier molecular flexibility index (Phi) is 5.25. The zero-order valence-corrected chi connectivity index (χ0v) is 19.2. The first-order valence-electron chi connectivity index (χ1n) is 10.8. The Bertz CT molecular complexity index is 1580. The van der Waals surface area contributed by atoms with E-state index in [9.17, 15) is 23.1 Å². The summed E-state index contributed by atoms with van der Waals surface area (Å²) in [5.41, 5.74) is 3.64. The fourth-order valence-corrected chi connectivity index (χ4v) is 6.11. The van der Waals surface area contributed by atoms with Crippen LogP contribution >= 0.6 is 0 Å². The lowest BCUT2D eigenvalue weighted by Crippen LogP contribution is -2.21. The number of sulfone groups is 1. The molecular formula is C26H22N2O5S. The Hall–Kier alpha value is -3.91. The largest absolute Gasteiger partial charge is 0.477 e. The molecule has 0 radical (unpaired) electrons. The third-order valence-electron chi connectivity index (χ3n) is 6.34. The predicted molar refractivity (Wildman–Crippen MR) is 127 cm³/mol. The number of aromatic amines is 1. The number of rotatable bonds is 5. The summed E-state index contributed by atoms with van der Waals surface area (Å²) in [5.74, 6) is -1.03. The van der Waals surface area contributed by atoms with Crippen LogP contribution < -0.4 is 5.56 Å². The second kappa shape index (κ2) is 8.14. The maximum atomic E-state index is 13.1. The van der Waals surface area contributed by atoms with Crippen LogP contribution in [0.15, 0.2) is 81.3 Å². The molecule has 2 aromatic heterocycles. The van der Waals surface area contributed by atoms with Crippen molar-refractivity contribution in [3.8, 4) is 11.3 Å². The van der Waals surface area contributed by atoms with Crippen LogP contribution in [0, 0.1) is 6.92 Å². The van der Waals surface area contributed by atoms with Gasteiger partial charge in [-0.15, -0.1) is 0 Å². The first kappa shape index (κ1) is 21.9. The first-order chi connectivity index (χ1) is 16.3. The number of aromatic carboxylic acids is 1. The van der Waals surface area contributed by atoms with E-state index in [1.54, 1.807) is 22.8 Å². The maximum Gasteiger partial charge on any atom is 0.352 e. The van der Waals surface area contributed by atoms with E-state index in [2.05, 4.69) is 4.98 Å². The van der Waals surface area contributed by atoms with Crippen molar-refractivity contribution in [3.63, 3.8) is 0 Å². The number of hydrogen-bond donors (Lipinski definition) is 2. The summed E-state index contributed by atoms with van der Waals surface area (Å²) >= 11 is 0. The van der Waals surface area contributed by atoms with Crippen molar-refractivity contribution in [1.82, 2.24) is 9.55 Å². The molecule has 0 unspecified atom stereocenters. The number of aromatic nitrogens is 2. The molecule has 7 nitrogen and oxygen atoms in total. The molecule has 34 heavy (non-hydrogen) atoms. The number of benzene rings is 2. The summed E-state index contributed by atoms with van der Waals surface area (Å²) < 4.78 is 28.0. The molecule has 0 saturated carbocycles. The number of hydrogen-bond acceptors (Lipinski definition) is 4. The van der Waals surface area contributed by atoms with Crippen LogP contribution in [-0.2, 0) is 29.2 Å². The van der Waals surface area contributed by atoms with Crippen LogP contribution in [0.3, 0.4) is 0 Å². The Labute approximate surface area is 196 Å². The molecule has 0 atom stereocenters. The standard InChI is InChI=1S/C26H22N2O5S/c1-16-22-20(24(26(30)31)28(16)15-17-8-4-2-5-9-17)13-12-18-14-21(25(29)27-23(18)22)34(32,33)19-10-6-3-7-11-19/h2-11,14H,12-13,15H2,1H3,(H,27,29)(H,30,31). The Morgan fingerprint density at radius 1 is 1.03 bits per heavy atom. The molecule has 8 heteroatoms. The predicted octanol–water partition coefficient (Wildman–Crippen LogP) is 3.83. The lowest BCUT2D eigenvalue weighted by Gasteiger charge is -2.18. The first-order valence-corrected chi connectivity index (χ1v) is 12.3. The van der Waals surface area contributed by atoms with Gasteiger partial charge in [0.2, 0.25) is 9.84 Å². The molecule has 0 fully saturated rings. The van der Waals surface area contributed by atoms with Gasteiger partial charge < -0.3 is 14.7 Å². The molecular weight excluding hydrogens is 452 g/mol. The molecule has 0 amide bonds. The van der Waals surface area contributed by atoms with Gasteiger partial charge in [-0.05, 0) is 54.7 Å². The zero-order chi connectivity index (χ0) is 24.0. The van der Waals surface area contributed by atoms with Gasteiger partial charge in [0.15, 0.2) is 0 Å². The fraction of sp³-hybridized carbons (Fsp3) is 0.154. The Balaban J connectivity index is 1.68. The maximum absolute atomic E-state index is 13.1. The SMILES string of the molecule is Cc1c2c(c(C(=O)O)n1Cc1ccccc1)CCc1cc(S(=O)(=O)c3ccccc3)c(=O)[nH]c1-2. The minimum Gasteiger partial charge on any atom is -0.477 e. The van der Waals surface area contributed by atoms with Gasteiger partial charge in [-0.3, -0.25) is 4.79 Å². The third-order valence-corrected chi connectivity index (χ3v) is 8.11. The van der Waals surface area contributed by atoms with Gasteiger partial charge in [0.1, 0.15) is 10.6 Å². The van der Waals surface area contributed by atoms with E-state index in [4.69, 9.17) is 0 Å². The molecule has 1 aliphatic rings. The van der Waals surface area contributed by atoms with Crippen LogP contribution in [0.4, 0.5) is 0 Å². The highest BCUT2D eigenvalue weighted by Gasteiger charge is 2.32. The van der Waals surface area contributed by atoms with Crippen molar-refractivity contribution >= 4 is 15.8 Å². The molecule has 0 aliphatic heterocycles. The van der Waals surface area contributed by atoms with Crippen LogP contribution in [0.5, 0.6) is 0 Å². The molecule has 2 aromatic carbocycles. The average molecular weight is 475 g/mol. The van der Waals surface area contributed by atoms with E-state index in [0.29, 0.717) is 47.5 Å². The summed E-state index contributed by atoms with van der Waals surface area (Å²) in [7, 11) is -3.99. The molecule has 0 bridgehead atoms. The van der Waals surface area contributed by atoms with Crippen molar-refractivity contribution in [2.24, 2.45) is 0 Å². The summed E-state index contributed by atoms with van der Waals surface area (Å²) in [6.07, 6.45) is 0.856. The van der Waals surface area contributed by atoms with E-state index in [1.807, 2.05) is 37.3 Å². The Morgan fingerprint density at radius 2 is 1.68 bits per heavy atom. The molecule has 2 heterocycles. The summed E-state index contributed by atoms with van der Waals surface area (Å²) in [6.45, 7) is 2.21. The quantitative estimate of drug-likeness (QED) is 0.457. The van der Waals surface area contributed by atoms with Gasteiger partial charge in [-0.2, -0.15) is 0 Å². The van der Waals surface area contributed by atoms with Crippen LogP contribution in [0.1, 0.15) is 32.9 Å². The van der Waals surface area contributed by atoms with Gasteiger partial charge in [0.25, 0.3) is 5.56 Å². The molecule has 0 saturated heterocycles. The summed E-state index contributed by atoms with van der Waals surface area (Å²) in [6, 6.07) is 18.8. The van der Waals surface area contributed by atoms with Crippen molar-refractivity contribution in [2.75, 3.05) is 0 Å². The number of carbonyl (C=O) groups is 1. The molecule has 5 rings (SSSR count). The smallest absolute Gasteiger partial charge is 0.352 e. The van der Waals surface area contributed by atoms with E-state index in [1.165, 1.54) is 18.2 Å². The Morgan fingerprint density at radius 3 is 2.32 bits per heavy atom. The van der Waals surface area contributed by atoms with E-state index in [0.717, 1.165) is 5.56 Å². The van der Waals surface area contributed by atoms with Crippen LogP contribution in [0.25, 0.3) is 11.3 Å². The minimum absolute atomic E-state index is 0.0512. The summed E-state index contributed by atoms with van der Waals surface area (Å²) in [4.78, 5) is 27.8. The lowest BCUT2D eigenvalue weighted by atomic mass is 9.89. The molecule has 172 valence electrons. The molecule has 4 aromatic rings. The van der Waals surface area contributed by atoms with Gasteiger partial charge in [0.05, 0.1) is 10.6 Å². The molecule has 2 N–H and O–H groups in total. The fourth-order valence-electron chi connectivity index (χ4n) is 4.74. The average Bonchev–Trinajstić information content (AvgIpc) is 3.11. The second-order valence-corrected chi connectivity index (χ2v) is 10.3. The van der Waals surface area contributed by atoms with E-state index in [-0.39, 0.29) is 15.5 Å². The van der Waals surface area contributed by atoms with Gasteiger partial charge in [-0.1, -0.05) is 48.5 Å². The second-order valence-electron chi connectivity index (χ2n) is 8.34. The third kappa shape index (κ3) is 3.47. The van der Waals surface area contributed by atoms with E-state index < -0.39 is 21.4 Å². The summed E-state index contributed by atoms with van der Waals surface area (Å²) in [5, 5.41) is 10.0. The normalized spacial score (nSPS) is 12.7. The number of aryl methyl sites for hydroxylation is 1. The number of pyridine rings is 1. The number of carboxylic acid groups (broad SMARTS) is 1. The number of carboxylic acids is 1. The van der Waals surface area contributed by atoms with Gasteiger partial charge in [0, 0.05) is 17.8 Å². The van der Waals surface area contributed by atoms with Crippen molar-refractivity contribution in [2.45, 2.75) is 36.1 Å². The monoisotopic (exact) mass is 474 g/mol. The van der Waals surface area contributed by atoms with Crippen LogP contribution in [-0.4, -0.2) is 29.0 Å². The highest BCUT2D eigenvalue weighted by Crippen LogP contribution is 2.39. The minimum atomic E-state index is -3.99. The van der Waals surface area contributed by atoms with Crippen molar-refractivity contribution in [3.05, 3.63) is 105 Å². The van der Waals surface area contributed by atoms with Crippen LogP contribution in [0.2, 0.25) is 0 Å². The molecule has 0 spiro atoms. The number of nitrogens with one attached hydrogen (secondary N) is 1. The topological polar surface area (TPSA) is 109 Å². The highest BCUT2D eigenvalue weighted by atomic mass is 32.2. The number of H-pyrrole nitrogens is 1. The van der Waals surface area contributed by atoms with Gasteiger partial charge in [-0.25, -0.2) is 13.2 Å². The lowest BCUT2D eigenvalue weighted by molar-refractivity contribution is 0.0684. The van der Waals surface area contributed by atoms with Crippen molar-refractivity contribution in [1.29, 1.82) is 0 Å². The zero-order valence-electron chi connectivity index (χ0n) is 18.4. The molecule has 1 aliphatic carbocycles. The van der Waals surface area contributed by atoms with Gasteiger partial charge >= 0.3 is 5.97 Å². The number of nitrogens with zero attached hydrogens (tertiary/aromatic N) is 1. The number of fused-ring (bicyclic) bond motifs is 3.